The lowest BCUT2D eigenvalue weighted by Crippen LogP contribution is -2.38. The van der Waals surface area contributed by atoms with Crippen molar-refractivity contribution in [2.24, 2.45) is 53.1 Å². The summed E-state index contributed by atoms with van der Waals surface area (Å²) in [6.07, 6.45) is 7.25. The van der Waals surface area contributed by atoms with Crippen molar-refractivity contribution in [2.45, 2.75) is 222 Å². The molecule has 1 aliphatic carbocycles. The maximum atomic E-state index is 13.8. The van der Waals surface area contributed by atoms with Crippen molar-refractivity contribution in [2.75, 3.05) is 5.32 Å². The molecule has 494 valence electrons. The molecule has 90 heavy (non-hydrogen) atoms. The van der Waals surface area contributed by atoms with Gasteiger partial charge >= 0.3 is 17.9 Å². The minimum Gasteiger partial charge on any atom is -0.481 e. The summed E-state index contributed by atoms with van der Waals surface area (Å²) in [6, 6.07) is 36.2. The molecule has 1 aliphatic heterocycles. The highest BCUT2D eigenvalue weighted by molar-refractivity contribution is 6.07. The number of nitrogens with one attached hydrogen (secondary N) is 1. The van der Waals surface area contributed by atoms with E-state index in [9.17, 15) is 38.4 Å². The number of hydrogen-bond acceptors (Lipinski definition) is 11. The number of nitrogens with zero attached hydrogens (tertiary/aromatic N) is 1. The topological polar surface area (TPSA) is 218 Å². The first-order chi connectivity index (χ1) is 41.7. The molecule has 1 spiro atoms. The molecule has 1 saturated carbocycles. The highest BCUT2D eigenvalue weighted by atomic mass is 35.5. The van der Waals surface area contributed by atoms with E-state index in [-0.39, 0.29) is 84.5 Å². The number of halogens is 1. The normalized spacial score (nSPS) is 17.1. The van der Waals surface area contributed by atoms with Crippen molar-refractivity contribution in [1.82, 2.24) is 0 Å². The molecule has 2 aliphatic rings. The first-order valence-corrected chi connectivity index (χ1v) is 32.1. The lowest BCUT2D eigenvalue weighted by atomic mass is 9.77. The van der Waals surface area contributed by atoms with E-state index in [1.807, 2.05) is 184 Å². The smallest absolute Gasteiger partial charge is 0.323 e. The first kappa shape index (κ1) is 79.3. The second-order valence-electron chi connectivity index (χ2n) is 28.0. The van der Waals surface area contributed by atoms with Gasteiger partial charge in [-0.05, 0) is 145 Å². The van der Waals surface area contributed by atoms with Crippen LogP contribution < -0.4 is 11.1 Å². The summed E-state index contributed by atoms with van der Waals surface area (Å²) in [5, 5.41) is 12.1. The Morgan fingerprint density at radius 1 is 0.556 bits per heavy atom. The van der Waals surface area contributed by atoms with E-state index in [1.54, 1.807) is 0 Å². The highest BCUT2D eigenvalue weighted by Crippen LogP contribution is 2.53. The Balaban J connectivity index is 0.000000433. The predicted octanol–water partition coefficient (Wildman–Crippen LogP) is 15.4. The molecule has 6 rings (SSSR count). The van der Waals surface area contributed by atoms with Crippen molar-refractivity contribution in [3.05, 3.63) is 149 Å². The van der Waals surface area contributed by atoms with Crippen LogP contribution in [0.15, 0.2) is 115 Å². The third kappa shape index (κ3) is 29.4. The van der Waals surface area contributed by atoms with Gasteiger partial charge in [0.1, 0.15) is 40.4 Å². The van der Waals surface area contributed by atoms with Gasteiger partial charge in [0.2, 0.25) is 11.9 Å². The molecule has 4 aromatic carbocycles. The average Bonchev–Trinajstić information content (AvgIpc) is 1.86. The second kappa shape index (κ2) is 38.8. The van der Waals surface area contributed by atoms with Gasteiger partial charge in [-0.15, -0.1) is 12.4 Å². The summed E-state index contributed by atoms with van der Waals surface area (Å²) in [5.74, 6) is -1.78. The fourth-order valence-electron chi connectivity index (χ4n) is 11.4. The van der Waals surface area contributed by atoms with Gasteiger partial charge in [0.15, 0.2) is 0 Å². The standard InChI is InChI=1S/C29H32N2O3.C20H30O3.C16H22O3.C10H21NO2.ClH/c1-19(2)15-21(16-22(32)14-13-20-9-5-4-6-10-20)27(33)23-17-29(18-26(23)30-3)24-11-7-8-12-25(24)31-28(29)34;1-15(2)13-17(19(22)23-20(3,4)5)14-18(21)12-11-16-9-7-6-8-10-16;1-12(2)10-14(16(18)19)11-15(17)9-8-13-6-4-3-5-7-13;1-7(2)6-8(11)9(12)13-10(3,4)5;/h4-12,19,21,23,26H,13-18H2,1-2H3,(H,31,34);6-10,15,17H,11-14H2,1-5H3;3-7,12,14H,8-11H2,1-2H3,(H,18,19);7-8H,6,11H2,1-5H3;1H/t21-,23?,26-,29-;17-;14-;8-;/m1110./s1. The Kier molecular flexibility index (Phi) is 34.2. The maximum absolute atomic E-state index is 13.8. The number of ketones is 4. The number of anilines is 1. The lowest BCUT2D eigenvalue weighted by Gasteiger charge is -2.24. The van der Waals surface area contributed by atoms with Crippen molar-refractivity contribution < 1.29 is 52.9 Å². The number of fused-ring (bicyclic) bond motifs is 2. The van der Waals surface area contributed by atoms with E-state index in [4.69, 9.17) is 26.9 Å². The van der Waals surface area contributed by atoms with Crippen LogP contribution in [0.3, 0.4) is 0 Å². The molecule has 4 N–H and O–H groups in total. The largest absolute Gasteiger partial charge is 0.481 e. The van der Waals surface area contributed by atoms with Gasteiger partial charge in [0.05, 0.1) is 23.2 Å². The molecule has 1 heterocycles. The monoisotopic (exact) mass is 1260 g/mol. The zero-order valence-corrected chi connectivity index (χ0v) is 57.1. The summed E-state index contributed by atoms with van der Waals surface area (Å²) >= 11 is 0. The van der Waals surface area contributed by atoms with Crippen LogP contribution >= 0.6 is 12.4 Å². The summed E-state index contributed by atoms with van der Waals surface area (Å²) in [4.78, 5) is 102. The number of amides is 1. The molecule has 4 aromatic rings. The molecule has 0 aromatic heterocycles. The number of benzene rings is 4. The third-order valence-corrected chi connectivity index (χ3v) is 15.5. The fourth-order valence-corrected chi connectivity index (χ4v) is 11.4. The number of para-hydroxylation sites is 1. The Morgan fingerprint density at radius 2 is 0.922 bits per heavy atom. The Labute approximate surface area is 544 Å². The number of aliphatic carboxylic acids is 1. The number of carboxylic acid groups (broad SMARTS) is 1. The minimum atomic E-state index is -0.859. The molecule has 0 radical (unpaired) electrons. The molecule has 0 bridgehead atoms. The van der Waals surface area contributed by atoms with Gasteiger partial charge in [-0.1, -0.05) is 165 Å². The van der Waals surface area contributed by atoms with Gasteiger partial charge in [-0.25, -0.2) is 6.57 Å². The SMILES string of the molecule is CC(C)C[C@H](CC(=O)CCc1ccccc1)C(=O)O.CC(C)C[C@H](CC(=O)CCc1ccccc1)C(=O)OC(C)(C)C.CC(C)C[C@H](N)C(=O)OC(C)(C)C.Cl.[C-]#[N+][C@@H]1C[C@@]2(CC1C(=O)[C@@H](CC(=O)CCc1ccccc1)CC(C)C)C(=O)Nc1ccccc12. The van der Waals surface area contributed by atoms with Crippen LogP contribution in [0.25, 0.3) is 4.85 Å². The van der Waals surface area contributed by atoms with Gasteiger partial charge in [-0.2, -0.15) is 0 Å². The number of ether oxygens (including phenoxy) is 2. The number of carboxylic acids is 1. The van der Waals surface area contributed by atoms with Gasteiger partial charge in [0, 0.05) is 56.6 Å². The molecular formula is C75H106ClN3O11. The van der Waals surface area contributed by atoms with Crippen molar-refractivity contribution >= 4 is 65.0 Å². The highest BCUT2D eigenvalue weighted by Gasteiger charge is 2.60. The average molecular weight is 1260 g/mol. The summed E-state index contributed by atoms with van der Waals surface area (Å²) < 4.78 is 10.6. The van der Waals surface area contributed by atoms with E-state index in [2.05, 4.69) is 37.9 Å². The van der Waals surface area contributed by atoms with Crippen LogP contribution in [0.2, 0.25) is 0 Å². The van der Waals surface area contributed by atoms with Crippen molar-refractivity contribution in [3.63, 3.8) is 0 Å². The predicted molar refractivity (Wildman–Crippen MR) is 361 cm³/mol. The molecule has 7 atom stereocenters. The van der Waals surface area contributed by atoms with Gasteiger partial charge in [0.25, 0.3) is 0 Å². The minimum absolute atomic E-state index is 0. The van der Waals surface area contributed by atoms with Crippen LogP contribution in [-0.4, -0.2) is 75.3 Å². The third-order valence-electron chi connectivity index (χ3n) is 15.5. The summed E-state index contributed by atoms with van der Waals surface area (Å²) in [5.41, 5.74) is 8.92. The number of rotatable bonds is 28. The number of hydrogen-bond donors (Lipinski definition) is 3. The van der Waals surface area contributed by atoms with Crippen LogP contribution in [-0.2, 0) is 72.5 Å². The second-order valence-corrected chi connectivity index (χ2v) is 28.0. The number of nitrogens with two attached hydrogens (primary N) is 1. The van der Waals surface area contributed by atoms with E-state index >= 15 is 0 Å². The lowest BCUT2D eigenvalue weighted by molar-refractivity contribution is -0.162. The number of Topliss-reactive ketones (excluding diaryl/α,β-unsaturated/α-hetero) is 4. The van der Waals surface area contributed by atoms with Crippen LogP contribution in [0, 0.1) is 53.9 Å². The van der Waals surface area contributed by atoms with E-state index < -0.39 is 52.4 Å². The van der Waals surface area contributed by atoms with Crippen LogP contribution in [0.5, 0.6) is 0 Å². The maximum Gasteiger partial charge on any atom is 0.323 e. The quantitative estimate of drug-likeness (QED) is 0.0357. The molecule has 1 unspecified atom stereocenters. The number of esters is 2. The van der Waals surface area contributed by atoms with Crippen molar-refractivity contribution in [3.8, 4) is 0 Å². The molecule has 14 nitrogen and oxygen atoms in total. The Hall–Kier alpha value is -6.82. The van der Waals surface area contributed by atoms with Gasteiger partial charge in [-0.3, -0.25) is 38.4 Å². The molecule has 15 heteroatoms. The first-order valence-electron chi connectivity index (χ1n) is 32.1. The van der Waals surface area contributed by atoms with E-state index in [0.29, 0.717) is 88.4 Å². The van der Waals surface area contributed by atoms with Crippen LogP contribution in [0.4, 0.5) is 5.69 Å². The summed E-state index contributed by atoms with van der Waals surface area (Å²) in [6.45, 7) is 35.1. The Morgan fingerprint density at radius 3 is 1.32 bits per heavy atom. The summed E-state index contributed by atoms with van der Waals surface area (Å²) in [7, 11) is 0. The molecular weight excluding hydrogens is 1150 g/mol. The molecule has 1 amide bonds. The fraction of sp³-hybridized carbons (Fsp3) is 0.560. The number of carbonyl (C=O) groups excluding carboxylic acids is 7. The van der Waals surface area contributed by atoms with E-state index in [0.717, 1.165) is 34.4 Å². The van der Waals surface area contributed by atoms with Crippen LogP contribution in [0.1, 0.15) is 196 Å². The number of aryl methyl sites for hydroxylation is 3. The van der Waals surface area contributed by atoms with E-state index in [1.165, 1.54) is 0 Å². The number of carbonyl (C=O) groups is 8. The zero-order chi connectivity index (χ0) is 66.6. The van der Waals surface area contributed by atoms with Gasteiger partial charge < -0.3 is 30.5 Å². The molecule has 1 fully saturated rings. The van der Waals surface area contributed by atoms with Crippen molar-refractivity contribution in [1.29, 1.82) is 0 Å². The Bertz CT molecular complexity index is 2930. The zero-order valence-electron chi connectivity index (χ0n) is 56.3. The molecule has 0 saturated heterocycles.